The summed E-state index contributed by atoms with van der Waals surface area (Å²) in [7, 11) is 3.50. The molecule has 0 saturated heterocycles. The van der Waals surface area contributed by atoms with Crippen molar-refractivity contribution >= 4 is 23.4 Å². The van der Waals surface area contributed by atoms with Crippen molar-refractivity contribution in [1.29, 1.82) is 0 Å². The third kappa shape index (κ3) is 4.86. The molecule has 0 radical (unpaired) electrons. The van der Waals surface area contributed by atoms with Crippen molar-refractivity contribution in [3.05, 3.63) is 60.2 Å². The summed E-state index contributed by atoms with van der Waals surface area (Å²) in [6.07, 6.45) is 3.20. The average Bonchev–Trinajstić information content (AvgIpc) is 2.61. The number of ether oxygens (including phenoxy) is 1. The van der Waals surface area contributed by atoms with Crippen molar-refractivity contribution in [2.24, 2.45) is 0 Å². The Labute approximate surface area is 142 Å². The number of para-hydroxylation sites is 1. The van der Waals surface area contributed by atoms with Gasteiger partial charge in [-0.15, -0.1) is 0 Å². The summed E-state index contributed by atoms with van der Waals surface area (Å²) in [6, 6.07) is 15.0. The molecule has 0 aliphatic carbocycles. The molecule has 0 aromatic heterocycles. The topological polar surface area (TPSA) is 61.8 Å². The molecule has 2 N–H and O–H groups in total. The van der Waals surface area contributed by atoms with E-state index >= 15 is 0 Å². The molecule has 0 aliphatic heterocycles. The molecule has 126 valence electrons. The summed E-state index contributed by atoms with van der Waals surface area (Å²) < 4.78 is 5.25. The van der Waals surface area contributed by atoms with Crippen LogP contribution in [0, 0.1) is 0 Å². The van der Waals surface area contributed by atoms with Crippen LogP contribution >= 0.6 is 0 Å². The summed E-state index contributed by atoms with van der Waals surface area (Å²) in [5.74, 6) is 0.509. The second-order valence-corrected chi connectivity index (χ2v) is 5.26. The van der Waals surface area contributed by atoms with E-state index in [1.807, 2.05) is 60.5 Å². The van der Waals surface area contributed by atoms with Gasteiger partial charge in [0.05, 0.1) is 13.7 Å². The van der Waals surface area contributed by atoms with E-state index in [9.17, 15) is 4.79 Å². The Morgan fingerprint density at radius 2 is 1.92 bits per heavy atom. The highest BCUT2D eigenvalue weighted by atomic mass is 16.5. The molecule has 5 heteroatoms. The summed E-state index contributed by atoms with van der Waals surface area (Å²) in [4.78, 5) is 14.0. The highest BCUT2D eigenvalue weighted by molar-refractivity contribution is 6.02. The second-order valence-electron chi connectivity index (χ2n) is 5.26. The monoisotopic (exact) mass is 326 g/mol. The zero-order valence-electron chi connectivity index (χ0n) is 13.9. The van der Waals surface area contributed by atoms with Crippen LogP contribution in [0.5, 0.6) is 5.75 Å². The maximum absolute atomic E-state index is 12.0. The summed E-state index contributed by atoms with van der Waals surface area (Å²) in [6.45, 7) is 0.663. The van der Waals surface area contributed by atoms with Gasteiger partial charge in [-0.05, 0) is 36.4 Å². The maximum atomic E-state index is 12.0. The minimum atomic E-state index is -0.211. The zero-order valence-corrected chi connectivity index (χ0v) is 13.9. The van der Waals surface area contributed by atoms with E-state index in [2.05, 4.69) is 5.32 Å². The fourth-order valence-corrected chi connectivity index (χ4v) is 2.23. The largest absolute Gasteiger partial charge is 0.496 e. The Kier molecular flexibility index (Phi) is 6.40. The Balaban J connectivity index is 1.98. The van der Waals surface area contributed by atoms with Gasteiger partial charge in [0.15, 0.2) is 0 Å². The van der Waals surface area contributed by atoms with Gasteiger partial charge in [0.25, 0.3) is 0 Å². The van der Waals surface area contributed by atoms with Crippen molar-refractivity contribution in [3.63, 3.8) is 0 Å². The lowest BCUT2D eigenvalue weighted by atomic mass is 10.2. The Hall–Kier alpha value is -2.79. The van der Waals surface area contributed by atoms with E-state index in [1.54, 1.807) is 13.2 Å². The number of carbonyl (C=O) groups is 1. The first-order chi connectivity index (χ1) is 11.6. The molecule has 0 spiro atoms. The highest BCUT2D eigenvalue weighted by Gasteiger charge is 2.03. The predicted molar refractivity (Wildman–Crippen MR) is 97.5 cm³/mol. The molecule has 0 aliphatic rings. The molecule has 0 bridgehead atoms. The van der Waals surface area contributed by atoms with Gasteiger partial charge in [-0.3, -0.25) is 4.79 Å². The molecule has 5 nitrogen and oxygen atoms in total. The van der Waals surface area contributed by atoms with Gasteiger partial charge < -0.3 is 20.1 Å². The van der Waals surface area contributed by atoms with Crippen LogP contribution in [0.25, 0.3) is 6.08 Å². The van der Waals surface area contributed by atoms with Crippen LogP contribution in [0.15, 0.2) is 54.6 Å². The van der Waals surface area contributed by atoms with Crippen LogP contribution in [0.4, 0.5) is 11.4 Å². The van der Waals surface area contributed by atoms with E-state index in [-0.39, 0.29) is 12.5 Å². The quantitative estimate of drug-likeness (QED) is 0.768. The molecule has 0 unspecified atom stereocenters. The lowest BCUT2D eigenvalue weighted by Crippen LogP contribution is -2.20. The molecule has 0 heterocycles. The first kappa shape index (κ1) is 17.6. The second kappa shape index (κ2) is 8.74. The lowest BCUT2D eigenvalue weighted by molar-refractivity contribution is -0.111. The first-order valence-corrected chi connectivity index (χ1v) is 7.68. The summed E-state index contributed by atoms with van der Waals surface area (Å²) >= 11 is 0. The number of hydrogen-bond acceptors (Lipinski definition) is 4. The maximum Gasteiger partial charge on any atom is 0.248 e. The van der Waals surface area contributed by atoms with Crippen LogP contribution in [0.3, 0.4) is 0 Å². The van der Waals surface area contributed by atoms with E-state index in [1.165, 1.54) is 6.08 Å². The fourth-order valence-electron chi connectivity index (χ4n) is 2.23. The Morgan fingerprint density at radius 1 is 1.21 bits per heavy atom. The smallest absolute Gasteiger partial charge is 0.248 e. The molecule has 2 aromatic carbocycles. The summed E-state index contributed by atoms with van der Waals surface area (Å²) in [5, 5.41) is 11.8. The van der Waals surface area contributed by atoms with Crippen molar-refractivity contribution in [2.45, 2.75) is 0 Å². The van der Waals surface area contributed by atoms with Crippen LogP contribution in [0.1, 0.15) is 5.56 Å². The molecule has 2 rings (SSSR count). The third-order valence-corrected chi connectivity index (χ3v) is 3.56. The molecule has 0 saturated carbocycles. The number of rotatable bonds is 7. The van der Waals surface area contributed by atoms with E-state index in [4.69, 9.17) is 9.84 Å². The third-order valence-electron chi connectivity index (χ3n) is 3.56. The van der Waals surface area contributed by atoms with E-state index < -0.39 is 0 Å². The number of nitrogens with zero attached hydrogens (tertiary/aromatic N) is 1. The van der Waals surface area contributed by atoms with Crippen LogP contribution in [-0.4, -0.2) is 38.3 Å². The van der Waals surface area contributed by atoms with Gasteiger partial charge in [0.2, 0.25) is 5.91 Å². The van der Waals surface area contributed by atoms with E-state index in [0.29, 0.717) is 12.2 Å². The molecular formula is C19H22N2O3. The van der Waals surface area contributed by atoms with Gasteiger partial charge in [0.1, 0.15) is 5.75 Å². The van der Waals surface area contributed by atoms with Gasteiger partial charge >= 0.3 is 0 Å². The molecular weight excluding hydrogens is 304 g/mol. The van der Waals surface area contributed by atoms with Crippen molar-refractivity contribution < 1.29 is 14.6 Å². The predicted octanol–water partition coefficient (Wildman–Crippen LogP) is 2.78. The molecule has 0 atom stereocenters. The van der Waals surface area contributed by atoms with Crippen molar-refractivity contribution in [1.82, 2.24) is 0 Å². The van der Waals surface area contributed by atoms with Gasteiger partial charge in [-0.2, -0.15) is 0 Å². The molecule has 24 heavy (non-hydrogen) atoms. The molecule has 1 amide bonds. The number of likely N-dealkylation sites (N-methyl/N-ethyl adjacent to an activating group) is 1. The normalized spacial score (nSPS) is 10.6. The van der Waals surface area contributed by atoms with Crippen LogP contribution in [0.2, 0.25) is 0 Å². The number of aliphatic hydroxyl groups is 1. The first-order valence-electron chi connectivity index (χ1n) is 7.68. The highest BCUT2D eigenvalue weighted by Crippen LogP contribution is 2.19. The molecule has 0 fully saturated rings. The Morgan fingerprint density at radius 3 is 2.58 bits per heavy atom. The zero-order chi connectivity index (χ0) is 17.4. The standard InChI is InChI=1S/C19H22N2O3/c1-21(13-14-22)17-10-8-16(9-11-17)20-19(23)12-7-15-5-3-4-6-18(15)24-2/h3-12,22H,13-14H2,1-2H3,(H,20,23)/b12-7+. The number of hydrogen-bond donors (Lipinski definition) is 2. The number of methoxy groups -OCH3 is 1. The Bertz CT molecular complexity index is 696. The average molecular weight is 326 g/mol. The van der Waals surface area contributed by atoms with Crippen molar-refractivity contribution in [2.75, 3.05) is 37.5 Å². The van der Waals surface area contributed by atoms with Gasteiger partial charge in [-0.1, -0.05) is 18.2 Å². The number of anilines is 2. The van der Waals surface area contributed by atoms with Gasteiger partial charge in [0, 0.05) is 36.6 Å². The van der Waals surface area contributed by atoms with Crippen LogP contribution in [-0.2, 0) is 4.79 Å². The lowest BCUT2D eigenvalue weighted by Gasteiger charge is -2.18. The SMILES string of the molecule is COc1ccccc1/C=C/C(=O)Nc1ccc(N(C)CCO)cc1. The number of carbonyl (C=O) groups excluding carboxylic acids is 1. The number of benzene rings is 2. The minimum Gasteiger partial charge on any atom is -0.496 e. The molecule has 2 aromatic rings. The number of aliphatic hydroxyl groups excluding tert-OH is 1. The number of nitrogens with one attached hydrogen (secondary N) is 1. The summed E-state index contributed by atoms with van der Waals surface area (Å²) in [5.41, 5.74) is 2.54. The van der Waals surface area contributed by atoms with Gasteiger partial charge in [-0.25, -0.2) is 0 Å². The van der Waals surface area contributed by atoms with Crippen molar-refractivity contribution in [3.8, 4) is 5.75 Å². The van der Waals surface area contributed by atoms with Crippen LogP contribution < -0.4 is 15.0 Å². The van der Waals surface area contributed by atoms with E-state index in [0.717, 1.165) is 17.0 Å². The fraction of sp³-hybridized carbons (Fsp3) is 0.211. The minimum absolute atomic E-state index is 0.0999. The number of amides is 1.